The molecular formula is C66H101BrO14SSi2. The zero-order chi connectivity index (χ0) is 60.5. The minimum atomic E-state index is -4.22. The van der Waals surface area contributed by atoms with Gasteiger partial charge in [-0.25, -0.2) is 13.2 Å². The summed E-state index contributed by atoms with van der Waals surface area (Å²) in [5, 5.41) is 11.9. The number of aliphatic hydroxyl groups is 1. The standard InChI is InChI=1S/C66H101BrO14SSi2/c1-14-84(15-2,16-3)72-33-23-26-47-35-42(5)44(7)54(74-47)38-55-57(45(8)53(77-55)34-41(4)40-73-83(12,13)65(9,10)11)63(82(70,71)50-27-21-18-22-28-50)51(68)37-48-29-30-52-58(75-48)62-61-60(78-52)59-56(79-61)39-66(80-59,81-62)32-31-49(36-43(6)67)76-64(69)46-24-19-17-20-25-46/h17-22,24-25,27-28,41-42,45,47-49,51-63,68H,6-7,14-16,23,26,29-40H2,1-5,8-13H3/t41-,42+,45-,47-,48+,49-,51?,52-,53+,54+,55?,56+,57+,58-,59-,60-,61+,62-,63?,66-/m0/s1. The Kier molecular flexibility index (Phi) is 21.7. The highest BCUT2D eigenvalue weighted by molar-refractivity contribution is 9.11. The van der Waals surface area contributed by atoms with Crippen LogP contribution in [-0.4, -0.2) is 146 Å². The topological polar surface area (TPSA) is 164 Å². The molecule has 0 saturated carbocycles. The number of sulfone groups is 1. The first-order valence-corrected chi connectivity index (χ1v) is 39.7. The van der Waals surface area contributed by atoms with Crippen LogP contribution in [0.5, 0.6) is 0 Å². The van der Waals surface area contributed by atoms with Crippen molar-refractivity contribution in [1.29, 1.82) is 0 Å². The van der Waals surface area contributed by atoms with Gasteiger partial charge in [-0.3, -0.25) is 0 Å². The number of hydrogen-bond donors (Lipinski definition) is 1. The lowest BCUT2D eigenvalue weighted by molar-refractivity contribution is -0.293. The Morgan fingerprint density at radius 3 is 2.15 bits per heavy atom. The van der Waals surface area contributed by atoms with Crippen LogP contribution >= 0.6 is 15.9 Å². The minimum absolute atomic E-state index is 0.00666. The van der Waals surface area contributed by atoms with E-state index in [0.717, 1.165) is 49.6 Å². The molecule has 8 heterocycles. The van der Waals surface area contributed by atoms with E-state index in [2.05, 4.69) is 104 Å². The Hall–Kier alpha value is -2.15. The third-order valence-corrected chi connectivity index (χ3v) is 32.7. The Labute approximate surface area is 513 Å². The Bertz CT molecular complexity index is 2630. The van der Waals surface area contributed by atoms with Crippen LogP contribution in [0.4, 0.5) is 0 Å². The molecule has 0 spiro atoms. The van der Waals surface area contributed by atoms with Crippen molar-refractivity contribution in [3.8, 4) is 0 Å². The quantitative estimate of drug-likeness (QED) is 0.0370. The average molecular weight is 1290 g/mol. The highest BCUT2D eigenvalue weighted by Gasteiger charge is 2.69. The summed E-state index contributed by atoms with van der Waals surface area (Å²) in [6, 6.07) is 20.9. The second-order valence-electron chi connectivity index (χ2n) is 27.6. The molecule has 20 atom stereocenters. The zero-order valence-electron chi connectivity index (χ0n) is 52.2. The van der Waals surface area contributed by atoms with Crippen molar-refractivity contribution in [2.75, 3.05) is 13.2 Å². The molecule has 2 aromatic rings. The van der Waals surface area contributed by atoms with E-state index in [1.54, 1.807) is 36.4 Å². The van der Waals surface area contributed by atoms with Gasteiger partial charge in [-0.15, -0.1) is 0 Å². The van der Waals surface area contributed by atoms with Crippen LogP contribution in [0.1, 0.15) is 150 Å². The molecular weight excluding hydrogens is 1180 g/mol. The largest absolute Gasteiger partial charge is 0.458 e. The molecule has 3 unspecified atom stereocenters. The van der Waals surface area contributed by atoms with E-state index < -0.39 is 92.1 Å². The first-order chi connectivity index (χ1) is 39.8. The molecule has 8 aliphatic heterocycles. The third kappa shape index (κ3) is 14.7. The normalized spacial score (nSPS) is 34.6. The molecule has 10 rings (SSSR count). The molecule has 0 amide bonds. The van der Waals surface area contributed by atoms with E-state index >= 15 is 8.42 Å². The van der Waals surface area contributed by atoms with Gasteiger partial charge in [0.2, 0.25) is 0 Å². The van der Waals surface area contributed by atoms with E-state index in [4.69, 9.17) is 46.7 Å². The summed E-state index contributed by atoms with van der Waals surface area (Å²) in [4.78, 5) is 13.5. The maximum atomic E-state index is 15.7. The molecule has 2 aromatic carbocycles. The number of benzene rings is 2. The van der Waals surface area contributed by atoms with Gasteiger partial charge in [0.25, 0.3) is 0 Å². The average Bonchev–Trinajstić information content (AvgIpc) is 1.59. The molecule has 0 radical (unpaired) electrons. The highest BCUT2D eigenvalue weighted by Crippen LogP contribution is 2.55. The Morgan fingerprint density at radius 2 is 1.49 bits per heavy atom. The predicted octanol–water partition coefficient (Wildman–Crippen LogP) is 13.5. The number of carbonyl (C=O) groups is 1. The molecule has 1 N–H and O–H groups in total. The number of fused-ring (bicyclic) bond motifs is 1. The monoisotopic (exact) mass is 1280 g/mol. The van der Waals surface area contributed by atoms with Crippen LogP contribution in [0.3, 0.4) is 0 Å². The molecule has 0 aromatic heterocycles. The van der Waals surface area contributed by atoms with Gasteiger partial charge in [0.15, 0.2) is 32.3 Å². The van der Waals surface area contributed by atoms with Gasteiger partial charge in [-0.2, -0.15) is 0 Å². The van der Waals surface area contributed by atoms with Crippen molar-refractivity contribution in [3.05, 3.63) is 89.4 Å². The molecule has 470 valence electrons. The summed E-state index contributed by atoms with van der Waals surface area (Å²) in [6.45, 7) is 34.6. The number of rotatable bonds is 28. The fraction of sp³-hybridized carbons (Fsp3) is 0.742. The minimum Gasteiger partial charge on any atom is -0.458 e. The summed E-state index contributed by atoms with van der Waals surface area (Å²) >= 11 is 3.51. The van der Waals surface area contributed by atoms with Crippen molar-refractivity contribution in [2.45, 2.75) is 277 Å². The zero-order valence-corrected chi connectivity index (χ0v) is 56.6. The third-order valence-electron chi connectivity index (χ3n) is 20.9. The van der Waals surface area contributed by atoms with Crippen molar-refractivity contribution in [2.24, 2.45) is 23.7 Å². The van der Waals surface area contributed by atoms with Crippen LogP contribution in [0.25, 0.3) is 0 Å². The number of esters is 1. The predicted molar refractivity (Wildman–Crippen MR) is 335 cm³/mol. The lowest BCUT2D eigenvalue weighted by Gasteiger charge is -2.48. The lowest BCUT2D eigenvalue weighted by atomic mass is 9.78. The van der Waals surface area contributed by atoms with Crippen molar-refractivity contribution in [1.82, 2.24) is 0 Å². The van der Waals surface area contributed by atoms with E-state index in [1.807, 2.05) is 24.3 Å². The maximum absolute atomic E-state index is 15.7. The van der Waals surface area contributed by atoms with Crippen LogP contribution in [0.2, 0.25) is 36.3 Å². The van der Waals surface area contributed by atoms with E-state index in [0.29, 0.717) is 68.0 Å². The fourth-order valence-corrected chi connectivity index (χ4v) is 21.1. The van der Waals surface area contributed by atoms with Crippen LogP contribution in [0, 0.1) is 23.7 Å². The van der Waals surface area contributed by atoms with Crippen molar-refractivity contribution < 1.29 is 65.1 Å². The van der Waals surface area contributed by atoms with E-state index in [9.17, 15) is 9.90 Å². The number of ether oxygens (including phenoxy) is 8. The van der Waals surface area contributed by atoms with Crippen molar-refractivity contribution >= 4 is 48.4 Å². The van der Waals surface area contributed by atoms with Gasteiger partial charge in [0.1, 0.15) is 36.6 Å². The highest BCUT2D eigenvalue weighted by atomic mass is 79.9. The first kappa shape index (κ1) is 66.3. The molecule has 84 heavy (non-hydrogen) atoms. The van der Waals surface area contributed by atoms with Crippen LogP contribution < -0.4 is 0 Å². The summed E-state index contributed by atoms with van der Waals surface area (Å²) in [7, 11) is -8.01. The number of hydrogen-bond acceptors (Lipinski definition) is 14. The molecule has 8 fully saturated rings. The molecule has 6 bridgehead atoms. The molecule has 18 heteroatoms. The number of aliphatic hydroxyl groups excluding tert-OH is 1. The van der Waals surface area contributed by atoms with Gasteiger partial charge in [0, 0.05) is 51.2 Å². The maximum Gasteiger partial charge on any atom is 0.338 e. The van der Waals surface area contributed by atoms with Gasteiger partial charge >= 0.3 is 5.97 Å². The Morgan fingerprint density at radius 1 is 0.833 bits per heavy atom. The number of halogens is 1. The number of carbonyl (C=O) groups excluding carboxylic acids is 1. The van der Waals surface area contributed by atoms with Crippen molar-refractivity contribution in [3.63, 3.8) is 0 Å². The molecule has 14 nitrogen and oxygen atoms in total. The molecule has 8 aliphatic rings. The second kappa shape index (κ2) is 27.5. The van der Waals surface area contributed by atoms with Crippen LogP contribution in [0.15, 0.2) is 88.8 Å². The molecule has 8 saturated heterocycles. The summed E-state index contributed by atoms with van der Waals surface area (Å²) in [5.41, 5.74) is 1.46. The fourth-order valence-electron chi connectivity index (χ4n) is 14.7. The summed E-state index contributed by atoms with van der Waals surface area (Å²) in [6.07, 6.45) is 0.160. The second-order valence-corrected chi connectivity index (χ2v) is 40.4. The lowest BCUT2D eigenvalue weighted by Crippen LogP contribution is -2.62. The van der Waals surface area contributed by atoms with Gasteiger partial charge < -0.3 is 51.9 Å². The summed E-state index contributed by atoms with van der Waals surface area (Å²) in [5.74, 6) is -2.04. The van der Waals surface area contributed by atoms with E-state index in [-0.39, 0.29) is 76.8 Å². The Balaban J connectivity index is 0.960. The van der Waals surface area contributed by atoms with Gasteiger partial charge in [-0.1, -0.05) is 128 Å². The van der Waals surface area contributed by atoms with Crippen LogP contribution in [-0.2, 0) is 56.6 Å². The van der Waals surface area contributed by atoms with E-state index in [1.165, 1.54) is 0 Å². The van der Waals surface area contributed by atoms with Gasteiger partial charge in [0.05, 0.1) is 64.5 Å². The molecule has 0 aliphatic carbocycles. The first-order valence-electron chi connectivity index (χ1n) is 32.0. The smallest absolute Gasteiger partial charge is 0.338 e. The van der Waals surface area contributed by atoms with Gasteiger partial charge in [-0.05, 0) is 133 Å². The summed E-state index contributed by atoms with van der Waals surface area (Å²) < 4.78 is 101. The SMILES string of the molecule is C=C(Br)C[C@H](CC[C@@]12C[C@H]3O[C@H]4[C@@H](O1)[C@H]1O[C@@H](CC(O)C([C@H]5C(C[C@H]6O[C@@H](CCCO[Si](CC)(CC)CC)C[C@@H](C)C6=C)O[C@H](C[C@H](C)CO[Si](C)(C)C(C)(C)C)[C@@H]5C)S(=O)(=O)c5ccccc5)CC[C@@H]1O[C@H]4[C@H]3O2)OC(=O)c1ccccc1.